The lowest BCUT2D eigenvalue weighted by Crippen LogP contribution is -2.04. The summed E-state index contributed by atoms with van der Waals surface area (Å²) in [6.45, 7) is 2.55. The number of hydrogen-bond acceptors (Lipinski definition) is 4. The van der Waals surface area contributed by atoms with Gasteiger partial charge in [-0.25, -0.2) is 0 Å². The molecule has 0 unspecified atom stereocenters. The third-order valence-electron chi connectivity index (χ3n) is 2.82. The Hall–Kier alpha value is -2.70. The van der Waals surface area contributed by atoms with Crippen LogP contribution in [0, 0.1) is 0 Å². The topological polar surface area (TPSA) is 40.0 Å². The van der Waals surface area contributed by atoms with Gasteiger partial charge in [-0.1, -0.05) is 11.2 Å². The highest BCUT2D eigenvalue weighted by atomic mass is 19.4. The molecule has 0 saturated carbocycles. The van der Waals surface area contributed by atoms with Gasteiger partial charge in [-0.15, -0.1) is 0 Å². The molecule has 0 atom stereocenters. The Kier molecular flexibility index (Phi) is 6.06. The van der Waals surface area contributed by atoms with Gasteiger partial charge in [0, 0.05) is 0 Å². The molecule has 0 heterocycles. The van der Waals surface area contributed by atoms with E-state index in [9.17, 15) is 13.2 Å². The van der Waals surface area contributed by atoms with Crippen molar-refractivity contribution >= 4 is 6.21 Å². The van der Waals surface area contributed by atoms with E-state index in [2.05, 4.69) is 5.16 Å². The summed E-state index contributed by atoms with van der Waals surface area (Å²) in [5, 5.41) is 3.64. The lowest BCUT2D eigenvalue weighted by molar-refractivity contribution is -0.137. The number of halogens is 3. The molecule has 2 rings (SSSR count). The number of rotatable bonds is 7. The lowest BCUT2D eigenvalue weighted by atomic mass is 10.2. The van der Waals surface area contributed by atoms with Gasteiger partial charge in [0.1, 0.15) is 30.5 Å². The second-order valence-corrected chi connectivity index (χ2v) is 4.62. The molecule has 24 heavy (non-hydrogen) atoms. The highest BCUT2D eigenvalue weighted by Gasteiger charge is 2.30. The van der Waals surface area contributed by atoms with Gasteiger partial charge >= 0.3 is 6.18 Å². The SMILES string of the molecule is CCO/N=C/COc1ccc(Oc2cccc(C(F)(F)F)c2)cc1. The van der Waals surface area contributed by atoms with Crippen LogP contribution in [0.2, 0.25) is 0 Å². The van der Waals surface area contributed by atoms with E-state index in [1.54, 1.807) is 24.3 Å². The minimum absolute atomic E-state index is 0.113. The fraction of sp³-hybridized carbons (Fsp3) is 0.235. The Balaban J connectivity index is 1.94. The normalized spacial score (nSPS) is 11.5. The van der Waals surface area contributed by atoms with E-state index in [4.69, 9.17) is 14.3 Å². The maximum atomic E-state index is 12.7. The first-order valence-corrected chi connectivity index (χ1v) is 7.21. The summed E-state index contributed by atoms with van der Waals surface area (Å²) >= 11 is 0. The summed E-state index contributed by atoms with van der Waals surface area (Å²) in [4.78, 5) is 4.78. The van der Waals surface area contributed by atoms with Gasteiger partial charge < -0.3 is 14.3 Å². The van der Waals surface area contributed by atoms with E-state index < -0.39 is 11.7 Å². The van der Waals surface area contributed by atoms with Crippen molar-refractivity contribution in [2.24, 2.45) is 5.16 Å². The van der Waals surface area contributed by atoms with Crippen LogP contribution in [0.1, 0.15) is 12.5 Å². The van der Waals surface area contributed by atoms with Crippen LogP contribution in [-0.4, -0.2) is 19.4 Å². The lowest BCUT2D eigenvalue weighted by Gasteiger charge is -2.10. The van der Waals surface area contributed by atoms with E-state index in [0.29, 0.717) is 18.1 Å². The Morgan fingerprint density at radius 3 is 2.38 bits per heavy atom. The summed E-state index contributed by atoms with van der Waals surface area (Å²) in [5.41, 5.74) is -0.756. The second-order valence-electron chi connectivity index (χ2n) is 4.62. The molecule has 0 aliphatic heterocycles. The van der Waals surface area contributed by atoms with Crippen LogP contribution in [0.4, 0.5) is 13.2 Å². The predicted octanol–water partition coefficient (Wildman–Crippen LogP) is 4.90. The number of benzene rings is 2. The Labute approximate surface area is 137 Å². The third-order valence-corrected chi connectivity index (χ3v) is 2.82. The number of hydrogen-bond donors (Lipinski definition) is 0. The highest BCUT2D eigenvalue weighted by Crippen LogP contribution is 2.32. The number of oxime groups is 1. The van der Waals surface area contributed by atoms with E-state index >= 15 is 0 Å². The van der Waals surface area contributed by atoms with Crippen LogP contribution in [0.3, 0.4) is 0 Å². The van der Waals surface area contributed by atoms with Crippen molar-refractivity contribution in [2.45, 2.75) is 13.1 Å². The van der Waals surface area contributed by atoms with Crippen LogP contribution >= 0.6 is 0 Å². The molecule has 0 aliphatic carbocycles. The molecule has 4 nitrogen and oxygen atoms in total. The van der Waals surface area contributed by atoms with Gasteiger partial charge in [0.05, 0.1) is 11.8 Å². The Bertz CT molecular complexity index is 670. The quantitative estimate of drug-likeness (QED) is 0.532. The van der Waals surface area contributed by atoms with Gasteiger partial charge in [-0.2, -0.15) is 13.2 Å². The molecule has 0 radical (unpaired) electrons. The summed E-state index contributed by atoms with van der Waals surface area (Å²) in [7, 11) is 0. The van der Waals surface area contributed by atoms with Crippen LogP contribution in [-0.2, 0) is 11.0 Å². The number of alkyl halides is 3. The molecule has 0 fully saturated rings. The van der Waals surface area contributed by atoms with Crippen molar-refractivity contribution in [3.63, 3.8) is 0 Å². The van der Waals surface area contributed by atoms with Crippen LogP contribution in [0.15, 0.2) is 53.7 Å². The van der Waals surface area contributed by atoms with Crippen molar-refractivity contribution in [1.82, 2.24) is 0 Å². The number of ether oxygens (including phenoxy) is 2. The average Bonchev–Trinajstić information content (AvgIpc) is 2.56. The van der Waals surface area contributed by atoms with Crippen LogP contribution in [0.5, 0.6) is 17.2 Å². The first-order chi connectivity index (χ1) is 11.5. The van der Waals surface area contributed by atoms with Crippen molar-refractivity contribution in [3.05, 3.63) is 54.1 Å². The first kappa shape index (κ1) is 17.7. The second kappa shape index (κ2) is 8.24. The zero-order valence-electron chi connectivity index (χ0n) is 12.9. The molecule has 0 aliphatic rings. The highest BCUT2D eigenvalue weighted by molar-refractivity contribution is 5.58. The molecule has 128 valence electrons. The molecule has 0 N–H and O–H groups in total. The molecule has 0 saturated heterocycles. The third kappa shape index (κ3) is 5.49. The zero-order valence-corrected chi connectivity index (χ0v) is 12.9. The van der Waals surface area contributed by atoms with Gasteiger partial charge in [0.15, 0.2) is 0 Å². The minimum Gasteiger partial charge on any atom is -0.488 e. The van der Waals surface area contributed by atoms with E-state index in [0.717, 1.165) is 12.1 Å². The smallest absolute Gasteiger partial charge is 0.416 e. The minimum atomic E-state index is -4.40. The fourth-order valence-corrected chi connectivity index (χ4v) is 1.77. The summed E-state index contributed by atoms with van der Waals surface area (Å²) in [6, 6.07) is 11.2. The summed E-state index contributed by atoms with van der Waals surface area (Å²) in [6.07, 6.45) is -2.92. The standard InChI is InChI=1S/C17H16F3NO3/c1-2-23-21-10-11-22-14-6-8-15(9-7-14)24-16-5-3-4-13(12-16)17(18,19)20/h3-10,12H,2,11H2,1H3/b21-10+. The van der Waals surface area contributed by atoms with Crippen molar-refractivity contribution in [3.8, 4) is 17.2 Å². The monoisotopic (exact) mass is 339 g/mol. The van der Waals surface area contributed by atoms with Gasteiger partial charge in [0.25, 0.3) is 0 Å². The largest absolute Gasteiger partial charge is 0.488 e. The summed E-state index contributed by atoms with van der Waals surface area (Å²) in [5.74, 6) is 1.10. The van der Waals surface area contributed by atoms with Crippen LogP contribution in [0.25, 0.3) is 0 Å². The van der Waals surface area contributed by atoms with Gasteiger partial charge in [-0.3, -0.25) is 0 Å². The van der Waals surface area contributed by atoms with E-state index in [-0.39, 0.29) is 12.4 Å². The molecule has 0 bridgehead atoms. The van der Waals surface area contributed by atoms with Gasteiger partial charge in [0.2, 0.25) is 0 Å². The molecule has 0 spiro atoms. The van der Waals surface area contributed by atoms with Crippen molar-refractivity contribution in [1.29, 1.82) is 0 Å². The van der Waals surface area contributed by atoms with E-state index in [1.165, 1.54) is 18.3 Å². The first-order valence-electron chi connectivity index (χ1n) is 7.21. The summed E-state index contributed by atoms with van der Waals surface area (Å²) < 4.78 is 48.8. The number of nitrogens with zero attached hydrogens (tertiary/aromatic N) is 1. The van der Waals surface area contributed by atoms with Crippen LogP contribution < -0.4 is 9.47 Å². The molecule has 0 amide bonds. The van der Waals surface area contributed by atoms with Gasteiger partial charge in [-0.05, 0) is 49.4 Å². The molecule has 0 aromatic heterocycles. The Morgan fingerprint density at radius 2 is 1.71 bits per heavy atom. The predicted molar refractivity (Wildman–Crippen MR) is 83.6 cm³/mol. The van der Waals surface area contributed by atoms with Crippen molar-refractivity contribution < 1.29 is 27.5 Å². The molecular formula is C17H16F3NO3. The van der Waals surface area contributed by atoms with E-state index in [1.807, 2.05) is 6.92 Å². The van der Waals surface area contributed by atoms with Crippen molar-refractivity contribution in [2.75, 3.05) is 13.2 Å². The maximum Gasteiger partial charge on any atom is 0.416 e. The Morgan fingerprint density at radius 1 is 1.00 bits per heavy atom. The molecule has 2 aromatic carbocycles. The molecule has 2 aromatic rings. The average molecular weight is 339 g/mol. The zero-order chi connectivity index (χ0) is 17.4. The molecular weight excluding hydrogens is 323 g/mol. The maximum absolute atomic E-state index is 12.7. The molecule has 7 heteroatoms. The fourth-order valence-electron chi connectivity index (χ4n) is 1.77.